The fourth-order valence-corrected chi connectivity index (χ4v) is 2.21. The SMILES string of the molecule is CN(C)CCN(Cc1cccc(Cl)c1)c1cnc(C#N)cn1. The predicted molar refractivity (Wildman–Crippen MR) is 87.8 cm³/mol. The molecule has 0 radical (unpaired) electrons. The number of anilines is 1. The van der Waals surface area contributed by atoms with Crippen molar-refractivity contribution in [2.24, 2.45) is 0 Å². The Balaban J connectivity index is 2.19. The Labute approximate surface area is 135 Å². The van der Waals surface area contributed by atoms with Crippen LogP contribution in [0.5, 0.6) is 0 Å². The second kappa shape index (κ2) is 7.74. The van der Waals surface area contributed by atoms with Crippen molar-refractivity contribution in [3.05, 3.63) is 52.9 Å². The highest BCUT2D eigenvalue weighted by atomic mass is 35.5. The summed E-state index contributed by atoms with van der Waals surface area (Å²) in [5, 5.41) is 9.54. The maximum Gasteiger partial charge on any atom is 0.158 e. The molecular weight excluding hydrogens is 298 g/mol. The summed E-state index contributed by atoms with van der Waals surface area (Å²) < 4.78 is 0. The Morgan fingerprint density at radius 2 is 2.00 bits per heavy atom. The third-order valence-corrected chi connectivity index (χ3v) is 3.39. The molecule has 1 heterocycles. The van der Waals surface area contributed by atoms with Crippen molar-refractivity contribution in [1.29, 1.82) is 5.26 Å². The molecule has 114 valence electrons. The normalized spacial score (nSPS) is 10.5. The first kappa shape index (κ1) is 16.2. The molecule has 0 spiro atoms. The standard InChI is InChI=1S/C16H18ClN5/c1-21(2)6-7-22(12-13-4-3-5-14(17)8-13)16-11-19-15(9-18)10-20-16/h3-5,8,10-11H,6-7,12H2,1-2H3. The molecule has 0 saturated heterocycles. The van der Waals surface area contributed by atoms with Gasteiger partial charge in [0.2, 0.25) is 0 Å². The van der Waals surface area contributed by atoms with Crippen molar-refractivity contribution in [1.82, 2.24) is 14.9 Å². The van der Waals surface area contributed by atoms with Gasteiger partial charge in [-0.2, -0.15) is 5.26 Å². The lowest BCUT2D eigenvalue weighted by molar-refractivity contribution is 0.412. The van der Waals surface area contributed by atoms with Gasteiger partial charge in [-0.3, -0.25) is 0 Å². The van der Waals surface area contributed by atoms with E-state index >= 15 is 0 Å². The van der Waals surface area contributed by atoms with Crippen LogP contribution in [0.1, 0.15) is 11.3 Å². The van der Waals surface area contributed by atoms with E-state index in [-0.39, 0.29) is 0 Å². The lowest BCUT2D eigenvalue weighted by Gasteiger charge is -2.25. The molecule has 0 saturated carbocycles. The second-order valence-electron chi connectivity index (χ2n) is 5.23. The number of halogens is 1. The van der Waals surface area contributed by atoms with Crippen LogP contribution in [0.3, 0.4) is 0 Å². The number of nitriles is 1. The van der Waals surface area contributed by atoms with Crippen molar-refractivity contribution in [3.8, 4) is 6.07 Å². The van der Waals surface area contributed by atoms with Gasteiger partial charge in [-0.05, 0) is 31.8 Å². The summed E-state index contributed by atoms with van der Waals surface area (Å²) in [6, 6.07) is 9.76. The Morgan fingerprint density at radius 3 is 2.59 bits per heavy atom. The van der Waals surface area contributed by atoms with Crippen LogP contribution in [0.25, 0.3) is 0 Å². The summed E-state index contributed by atoms with van der Waals surface area (Å²) in [5.41, 5.74) is 1.43. The Kier molecular flexibility index (Phi) is 5.70. The summed E-state index contributed by atoms with van der Waals surface area (Å²) in [4.78, 5) is 12.7. The first-order chi connectivity index (χ1) is 10.6. The summed E-state index contributed by atoms with van der Waals surface area (Å²) in [6.07, 6.45) is 3.13. The van der Waals surface area contributed by atoms with Crippen LogP contribution in [0.4, 0.5) is 5.82 Å². The summed E-state index contributed by atoms with van der Waals surface area (Å²) in [7, 11) is 4.06. The minimum atomic E-state index is 0.319. The van der Waals surface area contributed by atoms with E-state index in [9.17, 15) is 0 Å². The van der Waals surface area contributed by atoms with E-state index in [0.717, 1.165) is 29.5 Å². The Bertz CT molecular complexity index is 648. The highest BCUT2D eigenvalue weighted by molar-refractivity contribution is 6.30. The van der Waals surface area contributed by atoms with E-state index < -0.39 is 0 Å². The van der Waals surface area contributed by atoms with Gasteiger partial charge in [-0.25, -0.2) is 9.97 Å². The monoisotopic (exact) mass is 315 g/mol. The van der Waals surface area contributed by atoms with Crippen LogP contribution in [-0.4, -0.2) is 42.1 Å². The molecule has 0 aliphatic rings. The van der Waals surface area contributed by atoms with Crippen LogP contribution in [-0.2, 0) is 6.54 Å². The molecule has 6 heteroatoms. The number of aromatic nitrogens is 2. The maximum atomic E-state index is 8.82. The average molecular weight is 316 g/mol. The molecular formula is C16H18ClN5. The number of hydrogen-bond donors (Lipinski definition) is 0. The minimum Gasteiger partial charge on any atom is -0.350 e. The third kappa shape index (κ3) is 4.69. The van der Waals surface area contributed by atoms with Crippen LogP contribution < -0.4 is 4.90 Å². The van der Waals surface area contributed by atoms with Gasteiger partial charge >= 0.3 is 0 Å². The summed E-state index contributed by atoms with van der Waals surface area (Å²) in [5.74, 6) is 0.751. The Morgan fingerprint density at radius 1 is 1.18 bits per heavy atom. The molecule has 0 bridgehead atoms. The zero-order valence-corrected chi connectivity index (χ0v) is 13.5. The quantitative estimate of drug-likeness (QED) is 0.820. The van der Waals surface area contributed by atoms with Gasteiger partial charge in [0.15, 0.2) is 5.69 Å². The molecule has 0 fully saturated rings. The van der Waals surface area contributed by atoms with Gasteiger partial charge in [0.1, 0.15) is 11.9 Å². The summed E-state index contributed by atoms with van der Waals surface area (Å²) in [6.45, 7) is 2.39. The molecule has 2 rings (SSSR count). The second-order valence-corrected chi connectivity index (χ2v) is 5.66. The van der Waals surface area contributed by atoms with Crippen LogP contribution in [0.2, 0.25) is 5.02 Å². The van der Waals surface area contributed by atoms with E-state index in [0.29, 0.717) is 12.2 Å². The molecule has 5 nitrogen and oxygen atoms in total. The van der Waals surface area contributed by atoms with E-state index in [4.69, 9.17) is 16.9 Å². The molecule has 0 aliphatic carbocycles. The van der Waals surface area contributed by atoms with E-state index in [1.54, 1.807) is 6.20 Å². The molecule has 1 aromatic heterocycles. The fourth-order valence-electron chi connectivity index (χ4n) is 1.99. The Hall–Kier alpha value is -2.16. The zero-order valence-electron chi connectivity index (χ0n) is 12.7. The first-order valence-corrected chi connectivity index (χ1v) is 7.32. The van der Waals surface area contributed by atoms with Gasteiger partial charge in [0, 0.05) is 24.7 Å². The largest absolute Gasteiger partial charge is 0.350 e. The van der Waals surface area contributed by atoms with E-state index in [1.165, 1.54) is 6.20 Å². The van der Waals surface area contributed by atoms with Crippen molar-refractivity contribution in [2.75, 3.05) is 32.1 Å². The van der Waals surface area contributed by atoms with Crippen LogP contribution in [0, 0.1) is 11.3 Å². The number of benzene rings is 1. The molecule has 0 N–H and O–H groups in total. The zero-order chi connectivity index (χ0) is 15.9. The number of rotatable bonds is 6. The van der Waals surface area contributed by atoms with Crippen molar-refractivity contribution in [3.63, 3.8) is 0 Å². The smallest absolute Gasteiger partial charge is 0.158 e. The topological polar surface area (TPSA) is 56.0 Å². The van der Waals surface area contributed by atoms with Crippen molar-refractivity contribution < 1.29 is 0 Å². The molecule has 1 aromatic carbocycles. The molecule has 0 aliphatic heterocycles. The lowest BCUT2D eigenvalue weighted by atomic mass is 10.2. The highest BCUT2D eigenvalue weighted by Gasteiger charge is 2.10. The van der Waals surface area contributed by atoms with E-state index in [2.05, 4.69) is 19.8 Å². The summed E-state index contributed by atoms with van der Waals surface area (Å²) >= 11 is 6.05. The molecule has 0 atom stereocenters. The molecule has 0 amide bonds. The average Bonchev–Trinajstić information content (AvgIpc) is 2.51. The van der Waals surface area contributed by atoms with Gasteiger partial charge in [-0.15, -0.1) is 0 Å². The number of nitrogens with zero attached hydrogens (tertiary/aromatic N) is 5. The van der Waals surface area contributed by atoms with Gasteiger partial charge in [0.05, 0.1) is 12.4 Å². The number of likely N-dealkylation sites (N-methyl/N-ethyl adjacent to an activating group) is 1. The van der Waals surface area contributed by atoms with Gasteiger partial charge in [-0.1, -0.05) is 23.7 Å². The first-order valence-electron chi connectivity index (χ1n) is 6.95. The third-order valence-electron chi connectivity index (χ3n) is 3.16. The molecule has 0 unspecified atom stereocenters. The fraction of sp³-hybridized carbons (Fsp3) is 0.312. The van der Waals surface area contributed by atoms with Gasteiger partial charge < -0.3 is 9.80 Å². The van der Waals surface area contributed by atoms with Crippen molar-refractivity contribution >= 4 is 17.4 Å². The van der Waals surface area contributed by atoms with E-state index in [1.807, 2.05) is 44.4 Å². The van der Waals surface area contributed by atoms with Crippen LogP contribution >= 0.6 is 11.6 Å². The van der Waals surface area contributed by atoms with Crippen LogP contribution in [0.15, 0.2) is 36.7 Å². The maximum absolute atomic E-state index is 8.82. The highest BCUT2D eigenvalue weighted by Crippen LogP contribution is 2.16. The minimum absolute atomic E-state index is 0.319. The lowest BCUT2D eigenvalue weighted by Crippen LogP contribution is -2.32. The number of hydrogen-bond acceptors (Lipinski definition) is 5. The van der Waals surface area contributed by atoms with Gasteiger partial charge in [0.25, 0.3) is 0 Å². The molecule has 22 heavy (non-hydrogen) atoms. The van der Waals surface area contributed by atoms with Crippen molar-refractivity contribution in [2.45, 2.75) is 6.54 Å². The predicted octanol–water partition coefficient (Wildman–Crippen LogP) is 2.57. The molecule has 2 aromatic rings.